The van der Waals surface area contributed by atoms with E-state index < -0.39 is 12.0 Å². The van der Waals surface area contributed by atoms with Crippen molar-refractivity contribution in [1.29, 1.82) is 0 Å². The lowest BCUT2D eigenvalue weighted by Crippen LogP contribution is -2.13. The predicted molar refractivity (Wildman–Crippen MR) is 86.9 cm³/mol. The van der Waals surface area contributed by atoms with Crippen LogP contribution in [0.15, 0.2) is 29.4 Å². The van der Waals surface area contributed by atoms with E-state index in [1.807, 2.05) is 0 Å². The molecule has 0 unspecified atom stereocenters. The summed E-state index contributed by atoms with van der Waals surface area (Å²) in [5.41, 5.74) is 0.560. The van der Waals surface area contributed by atoms with E-state index in [9.17, 15) is 13.2 Å². The molecule has 0 radical (unpaired) electrons. The minimum absolute atomic E-state index is 0.236. The summed E-state index contributed by atoms with van der Waals surface area (Å²) in [7, 11) is 0. The maximum atomic E-state index is 12.9. The number of aromatic amines is 1. The van der Waals surface area contributed by atoms with Gasteiger partial charge in [0.2, 0.25) is 4.77 Å². The molecule has 1 aromatic heterocycles. The van der Waals surface area contributed by atoms with E-state index in [4.69, 9.17) is 17.0 Å². The Morgan fingerprint density at radius 1 is 1.33 bits per heavy atom. The zero-order chi connectivity index (χ0) is 17.6. The summed E-state index contributed by atoms with van der Waals surface area (Å²) in [6.45, 7) is 2.63. The van der Waals surface area contributed by atoms with Gasteiger partial charge in [0.25, 0.3) is 5.82 Å². The van der Waals surface area contributed by atoms with Gasteiger partial charge in [0, 0.05) is 5.56 Å². The zero-order valence-corrected chi connectivity index (χ0v) is 13.8. The largest absolute Gasteiger partial charge is 0.493 e. The van der Waals surface area contributed by atoms with Crippen LogP contribution in [0.25, 0.3) is 0 Å². The molecule has 1 aromatic carbocycles. The zero-order valence-electron chi connectivity index (χ0n) is 13.0. The Morgan fingerprint density at radius 2 is 2.08 bits per heavy atom. The molecule has 2 aromatic rings. The van der Waals surface area contributed by atoms with Crippen molar-refractivity contribution in [1.82, 2.24) is 14.9 Å². The van der Waals surface area contributed by atoms with E-state index in [1.54, 1.807) is 24.3 Å². The first kappa shape index (κ1) is 18.2. The van der Waals surface area contributed by atoms with Crippen molar-refractivity contribution in [3.8, 4) is 5.75 Å². The Bertz CT molecular complexity index is 752. The Kier molecular flexibility index (Phi) is 6.13. The van der Waals surface area contributed by atoms with Crippen LogP contribution in [0.1, 0.15) is 37.6 Å². The van der Waals surface area contributed by atoms with Crippen molar-refractivity contribution < 1.29 is 17.9 Å². The van der Waals surface area contributed by atoms with Gasteiger partial charge in [-0.25, -0.2) is 5.10 Å². The summed E-state index contributed by atoms with van der Waals surface area (Å²) in [6.07, 6.45) is -0.343. The van der Waals surface area contributed by atoms with Crippen molar-refractivity contribution in [2.45, 2.75) is 32.4 Å². The molecule has 0 aliphatic rings. The fourth-order valence-electron chi connectivity index (χ4n) is 1.96. The summed E-state index contributed by atoms with van der Waals surface area (Å²) in [5, 5.41) is 9.06. The number of aromatic nitrogens is 3. The minimum Gasteiger partial charge on any atom is -0.493 e. The number of para-hydroxylation sites is 1. The van der Waals surface area contributed by atoms with E-state index in [0.29, 0.717) is 22.6 Å². The normalized spacial score (nSPS) is 12.0. The first-order valence-corrected chi connectivity index (χ1v) is 7.85. The van der Waals surface area contributed by atoms with Crippen LogP contribution in [-0.4, -0.2) is 27.7 Å². The molecule has 0 amide bonds. The molecule has 0 bridgehead atoms. The number of nitrogens with zero attached hydrogens (tertiary/aromatic N) is 3. The van der Waals surface area contributed by atoms with Crippen molar-refractivity contribution >= 4 is 18.4 Å². The third-order valence-corrected chi connectivity index (χ3v) is 3.40. The van der Waals surface area contributed by atoms with Crippen molar-refractivity contribution in [3.05, 3.63) is 40.4 Å². The third-order valence-electron chi connectivity index (χ3n) is 3.14. The molecule has 0 spiro atoms. The molecule has 0 fully saturated rings. The van der Waals surface area contributed by atoms with Crippen molar-refractivity contribution in [3.63, 3.8) is 0 Å². The SMILES string of the molecule is CCCCCOc1ccccc1C=Nn1c(C(F)(F)F)n[nH]c1=S. The molecule has 0 aliphatic carbocycles. The molecule has 130 valence electrons. The summed E-state index contributed by atoms with van der Waals surface area (Å²) in [5.74, 6) is -0.647. The number of nitrogens with one attached hydrogen (secondary N) is 1. The van der Waals surface area contributed by atoms with Gasteiger partial charge in [-0.1, -0.05) is 31.9 Å². The van der Waals surface area contributed by atoms with Gasteiger partial charge in [-0.2, -0.15) is 22.9 Å². The monoisotopic (exact) mass is 358 g/mol. The van der Waals surface area contributed by atoms with Crippen LogP contribution in [0.2, 0.25) is 0 Å². The second kappa shape index (κ2) is 8.09. The highest BCUT2D eigenvalue weighted by molar-refractivity contribution is 7.71. The number of halogens is 3. The van der Waals surface area contributed by atoms with Gasteiger partial charge in [-0.05, 0) is 30.8 Å². The van der Waals surface area contributed by atoms with Crippen LogP contribution >= 0.6 is 12.2 Å². The van der Waals surface area contributed by atoms with Gasteiger partial charge in [0.15, 0.2) is 0 Å². The first-order chi connectivity index (χ1) is 11.4. The molecule has 0 atom stereocenters. The Labute approximate surface area is 142 Å². The molecule has 2 rings (SSSR count). The van der Waals surface area contributed by atoms with Gasteiger partial charge < -0.3 is 4.74 Å². The Balaban J connectivity index is 2.21. The highest BCUT2D eigenvalue weighted by Crippen LogP contribution is 2.27. The second-order valence-corrected chi connectivity index (χ2v) is 5.39. The highest BCUT2D eigenvalue weighted by atomic mass is 32.1. The summed E-state index contributed by atoms with van der Waals surface area (Å²) >= 11 is 4.79. The maximum Gasteiger partial charge on any atom is 0.453 e. The number of benzene rings is 1. The number of alkyl halides is 3. The number of ether oxygens (including phenoxy) is 1. The van der Waals surface area contributed by atoms with Crippen molar-refractivity contribution in [2.75, 3.05) is 6.61 Å². The minimum atomic E-state index is -4.65. The lowest BCUT2D eigenvalue weighted by Gasteiger charge is -2.08. The molecule has 9 heteroatoms. The highest BCUT2D eigenvalue weighted by Gasteiger charge is 2.37. The lowest BCUT2D eigenvalue weighted by molar-refractivity contribution is -0.147. The van der Waals surface area contributed by atoms with Crippen molar-refractivity contribution in [2.24, 2.45) is 5.10 Å². The molecule has 0 saturated heterocycles. The second-order valence-electron chi connectivity index (χ2n) is 5.00. The average molecular weight is 358 g/mol. The number of hydrogen-bond donors (Lipinski definition) is 1. The molecule has 1 N–H and O–H groups in total. The van der Waals surface area contributed by atoms with E-state index in [1.165, 1.54) is 6.21 Å². The van der Waals surface area contributed by atoms with E-state index in [0.717, 1.165) is 19.3 Å². The summed E-state index contributed by atoms with van der Waals surface area (Å²) < 4.78 is 44.5. The lowest BCUT2D eigenvalue weighted by atomic mass is 10.2. The van der Waals surface area contributed by atoms with Gasteiger partial charge in [0.05, 0.1) is 12.8 Å². The fraction of sp³-hybridized carbons (Fsp3) is 0.400. The fourth-order valence-corrected chi connectivity index (χ4v) is 2.13. The summed E-state index contributed by atoms with van der Waals surface area (Å²) in [6, 6.07) is 6.99. The van der Waals surface area contributed by atoms with E-state index >= 15 is 0 Å². The van der Waals surface area contributed by atoms with Crippen LogP contribution in [0.5, 0.6) is 5.75 Å². The Morgan fingerprint density at radius 3 is 2.79 bits per heavy atom. The molecular formula is C15H17F3N4OS. The van der Waals surface area contributed by atoms with Gasteiger partial charge in [-0.15, -0.1) is 5.10 Å². The third kappa shape index (κ3) is 4.67. The predicted octanol–water partition coefficient (Wildman–Crippen LogP) is 4.41. The number of rotatable bonds is 7. The molecule has 0 aliphatic heterocycles. The van der Waals surface area contributed by atoms with Gasteiger partial charge >= 0.3 is 6.18 Å². The van der Waals surface area contributed by atoms with Crippen LogP contribution in [-0.2, 0) is 6.18 Å². The molecule has 5 nitrogen and oxygen atoms in total. The topological polar surface area (TPSA) is 55.2 Å². The number of hydrogen-bond acceptors (Lipinski definition) is 4. The van der Waals surface area contributed by atoms with Gasteiger partial charge in [0.1, 0.15) is 5.75 Å². The first-order valence-electron chi connectivity index (χ1n) is 7.44. The van der Waals surface area contributed by atoms with Crippen LogP contribution < -0.4 is 4.74 Å². The molecular weight excluding hydrogens is 341 g/mol. The average Bonchev–Trinajstić information content (AvgIpc) is 2.91. The van der Waals surface area contributed by atoms with Crippen LogP contribution in [0.4, 0.5) is 13.2 Å². The van der Waals surface area contributed by atoms with E-state index in [2.05, 4.69) is 22.2 Å². The number of H-pyrrole nitrogens is 1. The Hall–Kier alpha value is -2.16. The molecule has 24 heavy (non-hydrogen) atoms. The number of unbranched alkanes of at least 4 members (excludes halogenated alkanes) is 2. The smallest absolute Gasteiger partial charge is 0.453 e. The van der Waals surface area contributed by atoms with Crippen LogP contribution in [0, 0.1) is 4.77 Å². The maximum absolute atomic E-state index is 12.9. The quantitative estimate of drug-likeness (QED) is 0.453. The molecule has 0 saturated carbocycles. The molecule has 1 heterocycles. The van der Waals surface area contributed by atoms with E-state index in [-0.39, 0.29) is 4.77 Å². The standard InChI is InChI=1S/C15H17F3N4OS/c1-2-3-6-9-23-12-8-5-4-7-11(12)10-19-22-13(15(16,17)18)20-21-14(22)24/h4-5,7-8,10H,2-3,6,9H2,1H3,(H,21,24). The van der Waals surface area contributed by atoms with Gasteiger partial charge in [-0.3, -0.25) is 0 Å². The van der Waals surface area contributed by atoms with Crippen LogP contribution in [0.3, 0.4) is 0 Å². The summed E-state index contributed by atoms with van der Waals surface area (Å²) in [4.78, 5) is 0.